The normalized spacial score (nSPS) is 11.9. The molecule has 0 radical (unpaired) electrons. The lowest BCUT2D eigenvalue weighted by molar-refractivity contribution is -0.116. The Morgan fingerprint density at radius 1 is 0.950 bits per heavy atom. The molecule has 0 aliphatic heterocycles. The summed E-state index contributed by atoms with van der Waals surface area (Å²) in [6, 6.07) is 27.4. The number of carbonyl (C=O) groups is 2. The third kappa shape index (κ3) is 6.99. The van der Waals surface area contributed by atoms with Gasteiger partial charge in [-0.05, 0) is 59.5 Å². The van der Waals surface area contributed by atoms with E-state index < -0.39 is 11.8 Å². The maximum atomic E-state index is 13.0. The summed E-state index contributed by atoms with van der Waals surface area (Å²) in [6.07, 6.45) is 0.589. The number of hydrogen-bond acceptors (Lipinski definition) is 8. The average Bonchev–Trinajstić information content (AvgIpc) is 2.96. The number of anilines is 2. The van der Waals surface area contributed by atoms with Crippen molar-refractivity contribution in [1.29, 1.82) is 5.26 Å². The molecule has 2 amide bonds. The molecule has 0 saturated heterocycles. The Labute approximate surface area is 230 Å². The van der Waals surface area contributed by atoms with Crippen molar-refractivity contribution in [2.24, 2.45) is 5.10 Å². The van der Waals surface area contributed by atoms with Gasteiger partial charge in [-0.1, -0.05) is 60.7 Å². The van der Waals surface area contributed by atoms with Crippen LogP contribution in [0.2, 0.25) is 0 Å². The molecule has 0 heterocycles. The van der Waals surface area contributed by atoms with Crippen LogP contribution in [0.4, 0.5) is 11.4 Å². The quantitative estimate of drug-likeness (QED) is 0.155. The molecule has 202 valence electrons. The van der Waals surface area contributed by atoms with Crippen molar-refractivity contribution in [1.82, 2.24) is 5.43 Å². The second-order valence-electron chi connectivity index (χ2n) is 8.96. The molecule has 10 heteroatoms. The van der Waals surface area contributed by atoms with Crippen LogP contribution >= 0.6 is 0 Å². The predicted molar refractivity (Wildman–Crippen MR) is 152 cm³/mol. The van der Waals surface area contributed by atoms with Crippen LogP contribution in [0.3, 0.4) is 0 Å². The van der Waals surface area contributed by atoms with Crippen molar-refractivity contribution in [3.05, 3.63) is 107 Å². The first-order valence-corrected chi connectivity index (χ1v) is 12.4. The third-order valence-electron chi connectivity index (χ3n) is 6.19. The number of amides is 2. The minimum atomic E-state index is -0.779. The van der Waals surface area contributed by atoms with Crippen LogP contribution in [0, 0.1) is 16.5 Å². The van der Waals surface area contributed by atoms with Gasteiger partial charge in [0.25, 0.3) is 5.91 Å². The Hall–Kier alpha value is -5.24. The third-order valence-corrected chi connectivity index (χ3v) is 6.19. The van der Waals surface area contributed by atoms with E-state index in [0.717, 1.165) is 10.8 Å². The minimum Gasteiger partial charge on any atom is -0.733 e. The van der Waals surface area contributed by atoms with Crippen LogP contribution in [-0.4, -0.2) is 27.8 Å². The first-order chi connectivity index (χ1) is 19.4. The van der Waals surface area contributed by atoms with Crippen molar-refractivity contribution in [3.8, 4) is 11.8 Å². The predicted octanol–water partition coefficient (Wildman–Crippen LogP) is 5.44. The minimum absolute atomic E-state index is 0.0277. The van der Waals surface area contributed by atoms with Gasteiger partial charge in [0.15, 0.2) is 0 Å². The molecule has 4 N–H and O–H groups in total. The number of hydrogen-bond donors (Lipinski definition) is 4. The Balaban J connectivity index is 1.49. The van der Waals surface area contributed by atoms with Crippen molar-refractivity contribution >= 4 is 39.7 Å². The highest BCUT2D eigenvalue weighted by Gasteiger charge is 2.20. The molecule has 0 aliphatic rings. The van der Waals surface area contributed by atoms with Crippen LogP contribution in [-0.2, 0) is 4.79 Å². The fraction of sp³-hybridized carbons (Fsp3) is 0.133. The van der Waals surface area contributed by atoms with E-state index in [1.807, 2.05) is 30.3 Å². The van der Waals surface area contributed by atoms with Gasteiger partial charge in [-0.2, -0.15) is 10.4 Å². The van der Waals surface area contributed by atoms with Gasteiger partial charge in [-0.15, -0.1) is 0 Å². The number of nitrogens with zero attached hydrogens (tertiary/aromatic N) is 3. The maximum absolute atomic E-state index is 13.0. The van der Waals surface area contributed by atoms with Gasteiger partial charge < -0.3 is 20.9 Å². The summed E-state index contributed by atoms with van der Waals surface area (Å²) in [7, 11) is 0. The van der Waals surface area contributed by atoms with E-state index >= 15 is 0 Å². The molecule has 4 aromatic rings. The molecule has 1 atom stereocenters. The van der Waals surface area contributed by atoms with E-state index in [9.17, 15) is 25.2 Å². The molecule has 0 aliphatic carbocycles. The molecule has 0 fully saturated rings. The van der Waals surface area contributed by atoms with Gasteiger partial charge in [-0.3, -0.25) is 14.8 Å². The summed E-state index contributed by atoms with van der Waals surface area (Å²) >= 11 is 0. The molecule has 40 heavy (non-hydrogen) atoms. The van der Waals surface area contributed by atoms with E-state index in [2.05, 4.69) is 21.9 Å². The Bertz CT molecular complexity index is 1580. The summed E-state index contributed by atoms with van der Waals surface area (Å²) in [6.45, 7) is 0. The van der Waals surface area contributed by atoms with Gasteiger partial charge in [0, 0.05) is 12.1 Å². The maximum Gasteiger partial charge on any atom is 0.275 e. The standard InChI is InChI=1S/C30H26N5O5/c31-19-26(20-8-2-1-3-9-20)27(14-7-15-29(37)32-23-12-6-13-24(18-23)35(39)40)33-34-30(38)25-16-21-10-4-5-11-22(21)17-28(25)36/h1-6,8-13,16-18,26,36,39H,7,14-15H2,(H,32,37)(H,34,38)/q-1/b33-27+. The van der Waals surface area contributed by atoms with Crippen LogP contribution < -0.4 is 16.0 Å². The van der Waals surface area contributed by atoms with Crippen LogP contribution in [0.5, 0.6) is 5.75 Å². The van der Waals surface area contributed by atoms with Crippen LogP contribution in [0.25, 0.3) is 10.8 Å². The largest absolute Gasteiger partial charge is 0.733 e. The molecule has 0 aromatic heterocycles. The number of carbonyl (C=O) groups excluding carboxylic acids is 2. The zero-order valence-corrected chi connectivity index (χ0v) is 21.3. The summed E-state index contributed by atoms with van der Waals surface area (Å²) in [5, 5.41) is 48.7. The molecular weight excluding hydrogens is 510 g/mol. The fourth-order valence-corrected chi connectivity index (χ4v) is 4.20. The molecule has 4 rings (SSSR count). The lowest BCUT2D eigenvalue weighted by Crippen LogP contribution is -2.23. The van der Waals surface area contributed by atoms with Gasteiger partial charge in [0.1, 0.15) is 11.7 Å². The van der Waals surface area contributed by atoms with E-state index in [1.54, 1.807) is 36.4 Å². The molecule has 10 nitrogen and oxygen atoms in total. The van der Waals surface area contributed by atoms with Gasteiger partial charge in [0.05, 0.1) is 23.0 Å². The number of phenolic OH excluding ortho intramolecular Hbond substituents is 1. The van der Waals surface area contributed by atoms with Crippen molar-refractivity contribution in [3.63, 3.8) is 0 Å². The van der Waals surface area contributed by atoms with E-state index in [4.69, 9.17) is 5.21 Å². The average molecular weight is 537 g/mol. The molecule has 0 saturated carbocycles. The van der Waals surface area contributed by atoms with Crippen molar-refractivity contribution in [2.75, 3.05) is 10.5 Å². The summed E-state index contributed by atoms with van der Waals surface area (Å²) in [5.74, 6) is -1.96. The second-order valence-corrected chi connectivity index (χ2v) is 8.96. The van der Waals surface area contributed by atoms with E-state index in [1.165, 1.54) is 24.3 Å². The molecule has 0 spiro atoms. The molecule has 1 unspecified atom stereocenters. The smallest absolute Gasteiger partial charge is 0.275 e. The Kier molecular flexibility index (Phi) is 9.04. The highest BCUT2D eigenvalue weighted by Crippen LogP contribution is 2.25. The first-order valence-electron chi connectivity index (χ1n) is 12.4. The molecule has 0 bridgehead atoms. The summed E-state index contributed by atoms with van der Waals surface area (Å²) < 4.78 is 0. The summed E-state index contributed by atoms with van der Waals surface area (Å²) in [5.41, 5.74) is 3.84. The second kappa shape index (κ2) is 13.0. The number of hydrazone groups is 1. The van der Waals surface area contributed by atoms with Gasteiger partial charge >= 0.3 is 0 Å². The van der Waals surface area contributed by atoms with E-state index in [-0.39, 0.29) is 41.0 Å². The number of rotatable bonds is 10. The highest BCUT2D eigenvalue weighted by molar-refractivity contribution is 6.02. The van der Waals surface area contributed by atoms with Gasteiger partial charge in [0.2, 0.25) is 5.91 Å². The molecular formula is C30H26N5O5-. The van der Waals surface area contributed by atoms with Crippen LogP contribution in [0.1, 0.15) is 41.1 Å². The van der Waals surface area contributed by atoms with E-state index in [0.29, 0.717) is 23.4 Å². The number of nitriles is 1. The Morgan fingerprint density at radius 2 is 1.65 bits per heavy atom. The topological polar surface area (TPSA) is 161 Å². The highest BCUT2D eigenvalue weighted by atomic mass is 16.8. The van der Waals surface area contributed by atoms with Gasteiger partial charge in [-0.25, -0.2) is 5.43 Å². The van der Waals surface area contributed by atoms with Crippen molar-refractivity contribution in [2.45, 2.75) is 25.2 Å². The molecule has 4 aromatic carbocycles. The van der Waals surface area contributed by atoms with Crippen LogP contribution in [0.15, 0.2) is 96.1 Å². The monoisotopic (exact) mass is 536 g/mol. The number of nitrogens with one attached hydrogen (secondary N) is 2. The number of fused-ring (bicyclic) bond motifs is 1. The zero-order valence-electron chi connectivity index (χ0n) is 21.3. The van der Waals surface area contributed by atoms with Crippen molar-refractivity contribution < 1.29 is 19.9 Å². The number of benzene rings is 4. The number of phenols is 1. The zero-order chi connectivity index (χ0) is 28.5. The fourth-order valence-electron chi connectivity index (χ4n) is 4.20. The lowest BCUT2D eigenvalue weighted by Gasteiger charge is -2.22. The lowest BCUT2D eigenvalue weighted by atomic mass is 9.92. The first kappa shape index (κ1) is 27.8. The summed E-state index contributed by atoms with van der Waals surface area (Å²) in [4.78, 5) is 25.5. The Morgan fingerprint density at radius 3 is 2.35 bits per heavy atom. The SMILES string of the molecule is N#CC(/C(CCCC(=O)Nc1cccc(N([O-])O)c1)=N/NC(=O)c1cc2ccccc2cc1O)c1ccccc1. The number of aromatic hydroxyl groups is 1.